The minimum atomic E-state index is -0.278. The minimum Gasteiger partial charge on any atom is -0.406 e. The Hall–Kier alpha value is -2.38. The Labute approximate surface area is 171 Å². The Balaban J connectivity index is 0.00000225. The molecule has 3 aromatic rings. The van der Waals surface area contributed by atoms with Crippen LogP contribution in [0, 0.1) is 5.92 Å². The van der Waals surface area contributed by atoms with Crippen molar-refractivity contribution >= 4 is 18.4 Å². The number of hydrogen-bond acceptors (Lipinski definition) is 6. The molecule has 150 valence electrons. The summed E-state index contributed by atoms with van der Waals surface area (Å²) in [4.78, 5) is 2.18. The van der Waals surface area contributed by atoms with E-state index in [1.54, 1.807) is 0 Å². The van der Waals surface area contributed by atoms with E-state index in [-0.39, 0.29) is 18.4 Å². The molecule has 0 spiro atoms. The van der Waals surface area contributed by atoms with Crippen molar-refractivity contribution in [3.63, 3.8) is 0 Å². The third-order valence-corrected chi connectivity index (χ3v) is 5.26. The van der Waals surface area contributed by atoms with Crippen molar-refractivity contribution in [1.82, 2.24) is 20.0 Å². The third-order valence-electron chi connectivity index (χ3n) is 5.26. The summed E-state index contributed by atoms with van der Waals surface area (Å²) in [6, 6.07) is 12.4. The number of halogens is 1. The fourth-order valence-electron chi connectivity index (χ4n) is 3.62. The van der Waals surface area contributed by atoms with Gasteiger partial charge in [0.15, 0.2) is 0 Å². The van der Waals surface area contributed by atoms with Gasteiger partial charge in [-0.25, -0.2) is 0 Å². The molecule has 2 N–H and O–H groups in total. The van der Waals surface area contributed by atoms with Crippen LogP contribution >= 0.6 is 12.4 Å². The molecular weight excluding hydrogens is 376 g/mol. The van der Waals surface area contributed by atoms with Crippen molar-refractivity contribution in [3.8, 4) is 0 Å². The van der Waals surface area contributed by atoms with Gasteiger partial charge in [0.05, 0.1) is 6.04 Å². The van der Waals surface area contributed by atoms with Gasteiger partial charge in [0.25, 0.3) is 0 Å². The zero-order valence-electron chi connectivity index (χ0n) is 15.9. The van der Waals surface area contributed by atoms with Gasteiger partial charge in [-0.2, -0.15) is 5.10 Å². The highest BCUT2D eigenvalue weighted by Crippen LogP contribution is 2.26. The fraction of sp³-hybridized carbons (Fsp3) is 0.450. The van der Waals surface area contributed by atoms with Gasteiger partial charge in [0.1, 0.15) is 0 Å². The van der Waals surface area contributed by atoms with E-state index in [1.165, 1.54) is 5.56 Å². The minimum absolute atomic E-state index is 0. The molecule has 1 saturated heterocycles. The Morgan fingerprint density at radius 3 is 2.61 bits per heavy atom. The molecule has 7 nitrogen and oxygen atoms in total. The van der Waals surface area contributed by atoms with E-state index in [2.05, 4.69) is 32.3 Å². The number of aryl methyl sites for hydroxylation is 1. The van der Waals surface area contributed by atoms with Gasteiger partial charge in [0, 0.05) is 32.0 Å². The molecule has 8 heteroatoms. The van der Waals surface area contributed by atoms with Gasteiger partial charge in [0.2, 0.25) is 5.89 Å². The van der Waals surface area contributed by atoms with Crippen LogP contribution in [-0.2, 0) is 13.0 Å². The van der Waals surface area contributed by atoms with E-state index in [9.17, 15) is 0 Å². The van der Waals surface area contributed by atoms with Crippen molar-refractivity contribution in [2.24, 2.45) is 11.7 Å². The molecule has 1 aliphatic heterocycles. The topological polar surface area (TPSA) is 86.0 Å². The predicted octanol–water partition coefficient (Wildman–Crippen LogP) is 3.24. The zero-order chi connectivity index (χ0) is 18.5. The summed E-state index contributed by atoms with van der Waals surface area (Å²) in [6.07, 6.45) is 7.97. The maximum absolute atomic E-state index is 6.25. The Bertz CT molecular complexity index is 814. The summed E-state index contributed by atoms with van der Waals surface area (Å²) in [7, 11) is 0. The highest BCUT2D eigenvalue weighted by Gasteiger charge is 2.24. The van der Waals surface area contributed by atoms with Crippen molar-refractivity contribution < 1.29 is 4.42 Å². The summed E-state index contributed by atoms with van der Waals surface area (Å²) < 4.78 is 7.88. The van der Waals surface area contributed by atoms with Crippen LogP contribution in [-0.4, -0.2) is 33.1 Å². The molecule has 0 amide bonds. The first-order valence-corrected chi connectivity index (χ1v) is 9.63. The van der Waals surface area contributed by atoms with Crippen LogP contribution in [0.15, 0.2) is 53.2 Å². The van der Waals surface area contributed by atoms with E-state index in [0.717, 1.165) is 38.9 Å². The first-order chi connectivity index (χ1) is 13.3. The van der Waals surface area contributed by atoms with Crippen LogP contribution in [0.2, 0.25) is 0 Å². The fourth-order valence-corrected chi connectivity index (χ4v) is 3.62. The number of anilines is 1. The van der Waals surface area contributed by atoms with Crippen molar-refractivity contribution in [3.05, 3.63) is 60.2 Å². The molecule has 0 aliphatic carbocycles. The Morgan fingerprint density at radius 1 is 1.11 bits per heavy atom. The maximum Gasteiger partial charge on any atom is 0.318 e. The summed E-state index contributed by atoms with van der Waals surface area (Å²) in [5.41, 5.74) is 7.42. The number of rotatable bonds is 7. The molecule has 0 saturated carbocycles. The van der Waals surface area contributed by atoms with Crippen LogP contribution in [0.5, 0.6) is 0 Å². The van der Waals surface area contributed by atoms with E-state index in [1.807, 2.05) is 41.3 Å². The highest BCUT2D eigenvalue weighted by atomic mass is 35.5. The normalized spacial score (nSPS) is 16.0. The first-order valence-electron chi connectivity index (χ1n) is 9.63. The number of aromatic nitrogens is 4. The van der Waals surface area contributed by atoms with Gasteiger partial charge in [-0.3, -0.25) is 4.68 Å². The highest BCUT2D eigenvalue weighted by molar-refractivity contribution is 5.85. The zero-order valence-corrected chi connectivity index (χ0v) is 16.7. The molecular formula is C20H27ClN6O. The molecule has 1 fully saturated rings. The van der Waals surface area contributed by atoms with Gasteiger partial charge in [-0.15, -0.1) is 17.5 Å². The van der Waals surface area contributed by atoms with E-state index < -0.39 is 0 Å². The molecule has 0 unspecified atom stereocenters. The van der Waals surface area contributed by atoms with Crippen molar-refractivity contribution in [2.45, 2.75) is 38.3 Å². The maximum atomic E-state index is 6.25. The molecule has 1 aromatic carbocycles. The molecule has 1 aliphatic rings. The van der Waals surface area contributed by atoms with E-state index in [4.69, 9.17) is 10.2 Å². The van der Waals surface area contributed by atoms with Gasteiger partial charge >= 0.3 is 6.01 Å². The monoisotopic (exact) mass is 402 g/mol. The smallest absolute Gasteiger partial charge is 0.318 e. The number of hydrogen-bond donors (Lipinski definition) is 1. The van der Waals surface area contributed by atoms with Gasteiger partial charge in [-0.05, 0) is 43.2 Å². The quantitative estimate of drug-likeness (QED) is 0.652. The molecule has 1 atom stereocenters. The standard InChI is InChI=1S/C20H26N6O.ClH/c21-18(15-17-5-2-1-3-6-17)19-23-24-20(27-19)25-12-7-16(8-13-25)9-14-26-11-4-10-22-26;/h1-6,10-11,16,18H,7-9,12-15,21H2;1H/t18-;/m1./s1. The molecule has 0 bridgehead atoms. The van der Waals surface area contributed by atoms with E-state index >= 15 is 0 Å². The lowest BCUT2D eigenvalue weighted by Gasteiger charge is -2.30. The van der Waals surface area contributed by atoms with Crippen LogP contribution in [0.25, 0.3) is 0 Å². The average molecular weight is 403 g/mol. The number of piperidine rings is 1. The second kappa shape index (κ2) is 9.71. The van der Waals surface area contributed by atoms with Gasteiger partial charge in [-0.1, -0.05) is 35.4 Å². The third kappa shape index (κ3) is 5.11. The van der Waals surface area contributed by atoms with Crippen LogP contribution in [0.4, 0.5) is 6.01 Å². The largest absolute Gasteiger partial charge is 0.406 e. The molecule has 0 radical (unpaired) electrons. The summed E-state index contributed by atoms with van der Waals surface area (Å²) in [6.45, 7) is 2.87. The van der Waals surface area contributed by atoms with E-state index in [0.29, 0.717) is 24.2 Å². The molecule has 3 heterocycles. The van der Waals surface area contributed by atoms with Crippen LogP contribution < -0.4 is 10.6 Å². The second-order valence-electron chi connectivity index (χ2n) is 7.21. The number of nitrogens with two attached hydrogens (primary N) is 1. The Morgan fingerprint density at radius 2 is 1.89 bits per heavy atom. The van der Waals surface area contributed by atoms with Crippen molar-refractivity contribution in [1.29, 1.82) is 0 Å². The Kier molecular flexibility index (Phi) is 7.06. The lowest BCUT2D eigenvalue weighted by atomic mass is 9.94. The molecule has 4 rings (SSSR count). The van der Waals surface area contributed by atoms with Crippen LogP contribution in [0.1, 0.15) is 36.8 Å². The van der Waals surface area contributed by atoms with Crippen molar-refractivity contribution in [2.75, 3.05) is 18.0 Å². The molecule has 2 aromatic heterocycles. The SMILES string of the molecule is Cl.N[C@H](Cc1ccccc1)c1nnc(N2CCC(CCn3cccn3)CC2)o1. The average Bonchev–Trinajstić information content (AvgIpc) is 3.40. The lowest BCUT2D eigenvalue weighted by molar-refractivity contribution is 0.340. The number of nitrogens with zero attached hydrogens (tertiary/aromatic N) is 5. The molecule has 28 heavy (non-hydrogen) atoms. The lowest BCUT2D eigenvalue weighted by Crippen LogP contribution is -2.34. The summed E-state index contributed by atoms with van der Waals surface area (Å²) >= 11 is 0. The first kappa shape index (κ1) is 20.4. The summed E-state index contributed by atoms with van der Waals surface area (Å²) in [5, 5.41) is 12.7. The van der Waals surface area contributed by atoms with Crippen LogP contribution in [0.3, 0.4) is 0 Å². The number of benzene rings is 1. The predicted molar refractivity (Wildman–Crippen MR) is 110 cm³/mol. The second-order valence-corrected chi connectivity index (χ2v) is 7.21. The van der Waals surface area contributed by atoms with Gasteiger partial charge < -0.3 is 15.1 Å². The summed E-state index contributed by atoms with van der Waals surface area (Å²) in [5.74, 6) is 1.22.